The SMILES string of the molecule is CC1CCCC(NC(=NCc2ccc(S(N)(=O)=O)cc2)NCC(=O)N(C)C)C1.I. The molecule has 10 heteroatoms. The number of carbonyl (C=O) groups is 1. The maximum atomic E-state index is 11.9. The van der Waals surface area contributed by atoms with Crippen LogP contribution in [0.15, 0.2) is 34.2 Å². The number of nitrogens with two attached hydrogens (primary N) is 1. The van der Waals surface area contributed by atoms with E-state index >= 15 is 0 Å². The minimum Gasteiger partial charge on any atom is -0.354 e. The average molecular weight is 537 g/mol. The molecule has 1 aromatic rings. The van der Waals surface area contributed by atoms with Crippen LogP contribution in [0.2, 0.25) is 0 Å². The van der Waals surface area contributed by atoms with Crippen molar-refractivity contribution in [3.63, 3.8) is 0 Å². The number of benzene rings is 1. The zero-order valence-electron chi connectivity index (χ0n) is 17.2. The lowest BCUT2D eigenvalue weighted by atomic mass is 9.87. The highest BCUT2D eigenvalue weighted by Crippen LogP contribution is 2.23. The van der Waals surface area contributed by atoms with Crippen LogP contribution in [0.4, 0.5) is 0 Å². The second-order valence-corrected chi connectivity index (χ2v) is 9.17. The van der Waals surface area contributed by atoms with E-state index in [-0.39, 0.29) is 41.3 Å². The van der Waals surface area contributed by atoms with Gasteiger partial charge in [0.2, 0.25) is 15.9 Å². The maximum absolute atomic E-state index is 11.9. The summed E-state index contributed by atoms with van der Waals surface area (Å²) in [7, 11) is -0.279. The van der Waals surface area contributed by atoms with Crippen molar-refractivity contribution in [3.05, 3.63) is 29.8 Å². The van der Waals surface area contributed by atoms with Crippen LogP contribution in [0.5, 0.6) is 0 Å². The van der Waals surface area contributed by atoms with Crippen LogP contribution in [0.3, 0.4) is 0 Å². The molecule has 8 nitrogen and oxygen atoms in total. The molecule has 0 bridgehead atoms. The zero-order chi connectivity index (χ0) is 20.7. The molecule has 0 spiro atoms. The van der Waals surface area contributed by atoms with Crippen LogP contribution in [0, 0.1) is 5.92 Å². The smallest absolute Gasteiger partial charge is 0.241 e. The van der Waals surface area contributed by atoms with Crippen molar-refractivity contribution >= 4 is 45.9 Å². The van der Waals surface area contributed by atoms with Crippen molar-refractivity contribution in [3.8, 4) is 0 Å². The topological polar surface area (TPSA) is 117 Å². The van der Waals surface area contributed by atoms with Crippen molar-refractivity contribution < 1.29 is 13.2 Å². The quantitative estimate of drug-likeness (QED) is 0.290. The third kappa shape index (κ3) is 8.87. The van der Waals surface area contributed by atoms with Crippen LogP contribution in [-0.2, 0) is 21.4 Å². The molecule has 0 heterocycles. The Morgan fingerprint density at radius 3 is 2.45 bits per heavy atom. The van der Waals surface area contributed by atoms with E-state index in [9.17, 15) is 13.2 Å². The lowest BCUT2D eigenvalue weighted by Gasteiger charge is -2.29. The molecule has 0 radical (unpaired) electrons. The summed E-state index contributed by atoms with van der Waals surface area (Å²) in [6.07, 6.45) is 4.58. The highest BCUT2D eigenvalue weighted by atomic mass is 127. The van der Waals surface area contributed by atoms with Gasteiger partial charge in [0.25, 0.3) is 0 Å². The summed E-state index contributed by atoms with van der Waals surface area (Å²) in [6, 6.07) is 6.65. The third-order valence-corrected chi connectivity index (χ3v) is 5.78. The second-order valence-electron chi connectivity index (χ2n) is 7.61. The highest BCUT2D eigenvalue weighted by molar-refractivity contribution is 14.0. The van der Waals surface area contributed by atoms with E-state index in [0.717, 1.165) is 18.4 Å². The van der Waals surface area contributed by atoms with E-state index in [1.165, 1.54) is 29.9 Å². The van der Waals surface area contributed by atoms with Gasteiger partial charge >= 0.3 is 0 Å². The van der Waals surface area contributed by atoms with Gasteiger partial charge in [-0.05, 0) is 36.5 Å². The van der Waals surface area contributed by atoms with Gasteiger partial charge in [-0.2, -0.15) is 0 Å². The lowest BCUT2D eigenvalue weighted by molar-refractivity contribution is -0.127. The summed E-state index contributed by atoms with van der Waals surface area (Å²) in [5.41, 5.74) is 0.851. The molecule has 2 atom stereocenters. The van der Waals surface area contributed by atoms with Gasteiger partial charge in [0, 0.05) is 20.1 Å². The number of hydrogen-bond donors (Lipinski definition) is 3. The standard InChI is InChI=1S/C19H31N5O3S.HI/c1-14-5-4-6-16(11-14)23-19(22-13-18(25)24(2)3)21-12-15-7-9-17(10-8-15)28(20,26)27;/h7-10,14,16H,4-6,11-13H2,1-3H3,(H2,20,26,27)(H2,21,22,23);1H. The zero-order valence-corrected chi connectivity index (χ0v) is 20.4. The number of carbonyl (C=O) groups excluding carboxylic acids is 1. The molecule has 29 heavy (non-hydrogen) atoms. The Bertz CT molecular complexity index is 797. The van der Waals surface area contributed by atoms with E-state index < -0.39 is 10.0 Å². The number of hydrogen-bond acceptors (Lipinski definition) is 4. The Labute approximate surface area is 190 Å². The normalized spacial score (nSPS) is 19.8. The molecule has 0 aliphatic heterocycles. The van der Waals surface area contributed by atoms with Crippen molar-refractivity contribution in [2.45, 2.75) is 50.1 Å². The van der Waals surface area contributed by atoms with Gasteiger partial charge in [0.15, 0.2) is 5.96 Å². The van der Waals surface area contributed by atoms with Crippen LogP contribution in [0.25, 0.3) is 0 Å². The number of amides is 1. The molecule has 0 aromatic heterocycles. The first-order valence-corrected chi connectivity index (χ1v) is 11.1. The third-order valence-electron chi connectivity index (χ3n) is 4.85. The molecule has 1 aromatic carbocycles. The maximum Gasteiger partial charge on any atom is 0.241 e. The number of guanidine groups is 1. The molecule has 1 saturated carbocycles. The molecule has 2 rings (SSSR count). The van der Waals surface area contributed by atoms with Gasteiger partial charge in [0.05, 0.1) is 18.0 Å². The number of aliphatic imine (C=N–C) groups is 1. The van der Waals surface area contributed by atoms with Crippen molar-refractivity contribution in [2.75, 3.05) is 20.6 Å². The number of likely N-dealkylation sites (N-methyl/N-ethyl adjacent to an activating group) is 1. The van der Waals surface area contributed by atoms with Crippen LogP contribution < -0.4 is 15.8 Å². The fourth-order valence-corrected chi connectivity index (χ4v) is 3.70. The number of sulfonamides is 1. The molecule has 4 N–H and O–H groups in total. The Balaban J connectivity index is 0.00000420. The first-order chi connectivity index (χ1) is 13.1. The molecule has 164 valence electrons. The molecule has 0 saturated heterocycles. The summed E-state index contributed by atoms with van der Waals surface area (Å²) in [5.74, 6) is 1.22. The monoisotopic (exact) mass is 537 g/mol. The van der Waals surface area contributed by atoms with Crippen LogP contribution in [-0.4, -0.2) is 51.9 Å². The highest BCUT2D eigenvalue weighted by Gasteiger charge is 2.20. The van der Waals surface area contributed by atoms with Crippen molar-refractivity contribution in [2.24, 2.45) is 16.0 Å². The first kappa shape index (κ1) is 25.6. The minimum absolute atomic E-state index is 0. The van der Waals surface area contributed by atoms with E-state index in [1.807, 2.05) is 0 Å². The van der Waals surface area contributed by atoms with Gasteiger partial charge in [-0.15, -0.1) is 24.0 Å². The lowest BCUT2D eigenvalue weighted by Crippen LogP contribution is -2.47. The molecule has 1 fully saturated rings. The molecule has 1 aliphatic rings. The van der Waals surface area contributed by atoms with E-state index in [2.05, 4.69) is 22.5 Å². The fraction of sp³-hybridized carbons (Fsp3) is 0.579. The largest absolute Gasteiger partial charge is 0.354 e. The Morgan fingerprint density at radius 2 is 1.90 bits per heavy atom. The summed E-state index contributed by atoms with van der Waals surface area (Å²) in [5, 5.41) is 11.7. The van der Waals surface area contributed by atoms with Gasteiger partial charge in [-0.25, -0.2) is 18.5 Å². The summed E-state index contributed by atoms with van der Waals surface area (Å²) < 4.78 is 22.7. The van der Waals surface area contributed by atoms with Gasteiger partial charge < -0.3 is 15.5 Å². The van der Waals surface area contributed by atoms with E-state index in [4.69, 9.17) is 5.14 Å². The molecule has 2 unspecified atom stereocenters. The van der Waals surface area contributed by atoms with Crippen LogP contribution >= 0.6 is 24.0 Å². The Morgan fingerprint density at radius 1 is 1.24 bits per heavy atom. The van der Waals surface area contributed by atoms with Gasteiger partial charge in [-0.1, -0.05) is 31.9 Å². The second kappa shape index (κ2) is 11.7. The van der Waals surface area contributed by atoms with Gasteiger partial charge in [-0.3, -0.25) is 4.79 Å². The number of rotatable bonds is 6. The predicted molar refractivity (Wildman–Crippen MR) is 126 cm³/mol. The first-order valence-electron chi connectivity index (χ1n) is 9.52. The molecule has 1 amide bonds. The van der Waals surface area contributed by atoms with Crippen molar-refractivity contribution in [1.82, 2.24) is 15.5 Å². The molecular weight excluding hydrogens is 505 g/mol. The Hall–Kier alpha value is -1.40. The van der Waals surface area contributed by atoms with E-state index in [1.54, 1.807) is 26.2 Å². The minimum atomic E-state index is -3.70. The van der Waals surface area contributed by atoms with Gasteiger partial charge in [0.1, 0.15) is 0 Å². The molecular formula is C19H32IN5O3S. The number of nitrogens with one attached hydrogen (secondary N) is 2. The fourth-order valence-electron chi connectivity index (χ4n) is 3.18. The summed E-state index contributed by atoms with van der Waals surface area (Å²) >= 11 is 0. The molecule has 1 aliphatic carbocycles. The summed E-state index contributed by atoms with van der Waals surface area (Å²) in [4.78, 5) is 18.1. The van der Waals surface area contributed by atoms with Crippen LogP contribution in [0.1, 0.15) is 38.2 Å². The number of nitrogens with zero attached hydrogens (tertiary/aromatic N) is 2. The number of primary sulfonamides is 1. The number of halogens is 1. The predicted octanol–water partition coefficient (Wildman–Crippen LogP) is 1.65. The van der Waals surface area contributed by atoms with E-state index in [0.29, 0.717) is 24.5 Å². The summed E-state index contributed by atoms with van der Waals surface area (Å²) in [6.45, 7) is 2.77. The average Bonchev–Trinajstić information content (AvgIpc) is 2.63. The Kier molecular flexibility index (Phi) is 10.3. The van der Waals surface area contributed by atoms with Crippen molar-refractivity contribution in [1.29, 1.82) is 0 Å².